The summed E-state index contributed by atoms with van der Waals surface area (Å²) in [5, 5.41) is 49.9. The van der Waals surface area contributed by atoms with Crippen molar-refractivity contribution in [3.63, 3.8) is 0 Å². The summed E-state index contributed by atoms with van der Waals surface area (Å²) in [6.45, 7) is 9.79. The van der Waals surface area contributed by atoms with E-state index in [-0.39, 0.29) is 17.4 Å². The highest BCUT2D eigenvalue weighted by atomic mass is 16.7. The largest absolute Gasteiger partial charge is 0.394 e. The van der Waals surface area contributed by atoms with Gasteiger partial charge in [-0.3, -0.25) is 0 Å². The SMILES string of the molecule is C=C1C[C@H](O[C@H]2O[C@@H](CO)[C@H](O)[C@@H](O)[C@@H]2O)C[C@]2(C)CC[C@@H](C(C)(C)O)C[C@@H]12. The lowest BCUT2D eigenvalue weighted by molar-refractivity contribution is -0.314. The van der Waals surface area contributed by atoms with E-state index in [0.29, 0.717) is 12.3 Å². The lowest BCUT2D eigenvalue weighted by atomic mass is 9.55. The van der Waals surface area contributed by atoms with Crippen LogP contribution < -0.4 is 0 Å². The van der Waals surface area contributed by atoms with Gasteiger partial charge in [0, 0.05) is 0 Å². The first kappa shape index (κ1) is 22.2. The molecule has 0 aromatic heterocycles. The summed E-state index contributed by atoms with van der Waals surface area (Å²) in [7, 11) is 0. The molecule has 0 unspecified atom stereocenters. The smallest absolute Gasteiger partial charge is 0.186 e. The maximum Gasteiger partial charge on any atom is 0.186 e. The molecule has 162 valence electrons. The van der Waals surface area contributed by atoms with Crippen molar-refractivity contribution in [1.82, 2.24) is 0 Å². The Hall–Kier alpha value is -0.540. The van der Waals surface area contributed by atoms with Crippen molar-refractivity contribution in [2.75, 3.05) is 6.61 Å². The van der Waals surface area contributed by atoms with Gasteiger partial charge in [-0.25, -0.2) is 0 Å². The van der Waals surface area contributed by atoms with E-state index in [2.05, 4.69) is 13.5 Å². The van der Waals surface area contributed by atoms with Gasteiger partial charge in [-0.15, -0.1) is 0 Å². The maximum absolute atomic E-state index is 10.4. The molecule has 0 aromatic carbocycles. The van der Waals surface area contributed by atoms with Crippen LogP contribution in [0.1, 0.15) is 52.9 Å². The summed E-state index contributed by atoms with van der Waals surface area (Å²) in [4.78, 5) is 0. The number of hydrogen-bond donors (Lipinski definition) is 5. The van der Waals surface area contributed by atoms with Crippen LogP contribution >= 0.6 is 0 Å². The molecule has 1 aliphatic heterocycles. The van der Waals surface area contributed by atoms with E-state index in [0.717, 1.165) is 31.3 Å². The van der Waals surface area contributed by atoms with Crippen LogP contribution in [-0.2, 0) is 9.47 Å². The van der Waals surface area contributed by atoms with Crippen molar-refractivity contribution in [3.8, 4) is 0 Å². The fourth-order valence-corrected chi connectivity index (χ4v) is 5.40. The first-order valence-corrected chi connectivity index (χ1v) is 10.3. The molecule has 9 atom stereocenters. The molecule has 1 heterocycles. The summed E-state index contributed by atoms with van der Waals surface area (Å²) in [6.07, 6.45) is -2.33. The standard InChI is InChI=1S/C21H36O7/c1-11-7-13(27-19-18(25)17(24)16(23)15(10-22)28-19)9-21(4)6-5-12(8-14(11)21)20(2,3)26/h12-19,22-26H,1,5-10H2,2-4H3/t12-,13+,14+,15+,16+,17-,18+,19+,21+/m1/s1. The Bertz CT molecular complexity index is 572. The van der Waals surface area contributed by atoms with Crippen molar-refractivity contribution in [3.05, 3.63) is 12.2 Å². The van der Waals surface area contributed by atoms with Crippen LogP contribution in [0.5, 0.6) is 0 Å². The maximum atomic E-state index is 10.4. The van der Waals surface area contributed by atoms with Crippen molar-refractivity contribution < 1.29 is 35.0 Å². The summed E-state index contributed by atoms with van der Waals surface area (Å²) >= 11 is 0. The third-order valence-electron chi connectivity index (χ3n) is 7.28. The zero-order chi connectivity index (χ0) is 20.9. The predicted molar refractivity (Wildman–Crippen MR) is 102 cm³/mol. The molecular formula is C21H36O7. The van der Waals surface area contributed by atoms with Gasteiger partial charge < -0.3 is 35.0 Å². The molecule has 3 rings (SSSR count). The molecule has 2 aliphatic carbocycles. The number of rotatable bonds is 4. The van der Waals surface area contributed by atoms with Crippen molar-refractivity contribution >= 4 is 0 Å². The fourth-order valence-electron chi connectivity index (χ4n) is 5.40. The van der Waals surface area contributed by atoms with Gasteiger partial charge in [-0.05, 0) is 63.2 Å². The van der Waals surface area contributed by atoms with Crippen LogP contribution in [-0.4, -0.2) is 74.6 Å². The Morgan fingerprint density at radius 2 is 1.89 bits per heavy atom. The number of fused-ring (bicyclic) bond motifs is 1. The van der Waals surface area contributed by atoms with Gasteiger partial charge in [-0.1, -0.05) is 19.1 Å². The Labute approximate surface area is 167 Å². The minimum atomic E-state index is -1.44. The fraction of sp³-hybridized carbons (Fsp3) is 0.905. The highest BCUT2D eigenvalue weighted by molar-refractivity contribution is 5.15. The predicted octanol–water partition coefficient (Wildman–Crippen LogP) is 0.715. The number of hydrogen-bond acceptors (Lipinski definition) is 7. The third-order valence-corrected chi connectivity index (χ3v) is 7.28. The minimum Gasteiger partial charge on any atom is -0.394 e. The summed E-state index contributed by atoms with van der Waals surface area (Å²) in [6, 6.07) is 0. The van der Waals surface area contributed by atoms with E-state index in [9.17, 15) is 25.5 Å². The van der Waals surface area contributed by atoms with Crippen molar-refractivity contribution in [1.29, 1.82) is 0 Å². The van der Waals surface area contributed by atoms with Gasteiger partial charge in [0.2, 0.25) is 0 Å². The first-order chi connectivity index (χ1) is 13.0. The molecule has 28 heavy (non-hydrogen) atoms. The Balaban J connectivity index is 1.68. The van der Waals surface area contributed by atoms with Crippen molar-refractivity contribution in [2.45, 2.75) is 95.3 Å². The second-order valence-electron chi connectivity index (χ2n) is 9.85. The van der Waals surface area contributed by atoms with E-state index in [1.165, 1.54) is 0 Å². The second kappa shape index (κ2) is 7.95. The molecule has 2 saturated carbocycles. The van der Waals surface area contributed by atoms with E-state index < -0.39 is 42.9 Å². The molecule has 0 radical (unpaired) electrons. The van der Waals surface area contributed by atoms with Gasteiger partial charge in [0.05, 0.1) is 18.3 Å². The van der Waals surface area contributed by atoms with Gasteiger partial charge in [0.25, 0.3) is 0 Å². The summed E-state index contributed by atoms with van der Waals surface area (Å²) in [5.74, 6) is 0.553. The van der Waals surface area contributed by atoms with Crippen LogP contribution in [0, 0.1) is 17.3 Å². The third kappa shape index (κ3) is 4.17. The normalized spacial score (nSPS) is 47.6. The van der Waals surface area contributed by atoms with Gasteiger partial charge in [0.15, 0.2) is 6.29 Å². The van der Waals surface area contributed by atoms with Gasteiger partial charge >= 0.3 is 0 Å². The van der Waals surface area contributed by atoms with Crippen LogP contribution in [0.2, 0.25) is 0 Å². The molecule has 7 nitrogen and oxygen atoms in total. The van der Waals surface area contributed by atoms with E-state index in [1.807, 2.05) is 13.8 Å². The highest BCUT2D eigenvalue weighted by Gasteiger charge is 2.50. The highest BCUT2D eigenvalue weighted by Crippen LogP contribution is 2.55. The second-order valence-corrected chi connectivity index (χ2v) is 9.85. The van der Waals surface area contributed by atoms with Crippen LogP contribution in [0.25, 0.3) is 0 Å². The lowest BCUT2D eigenvalue weighted by Gasteiger charge is -2.53. The lowest BCUT2D eigenvalue weighted by Crippen LogP contribution is -2.60. The van der Waals surface area contributed by atoms with E-state index in [1.54, 1.807) is 0 Å². The Morgan fingerprint density at radius 3 is 2.50 bits per heavy atom. The first-order valence-electron chi connectivity index (χ1n) is 10.3. The van der Waals surface area contributed by atoms with Crippen molar-refractivity contribution in [2.24, 2.45) is 17.3 Å². The summed E-state index contributed by atoms with van der Waals surface area (Å²) < 4.78 is 11.5. The molecule has 0 spiro atoms. The molecule has 3 fully saturated rings. The van der Waals surface area contributed by atoms with Gasteiger partial charge in [-0.2, -0.15) is 0 Å². The quantitative estimate of drug-likeness (QED) is 0.348. The molecule has 7 heteroatoms. The number of ether oxygens (including phenoxy) is 2. The minimum absolute atomic E-state index is 0.00409. The molecule has 0 amide bonds. The average Bonchev–Trinajstić information content (AvgIpc) is 2.60. The van der Waals surface area contributed by atoms with E-state index >= 15 is 0 Å². The molecular weight excluding hydrogens is 364 g/mol. The zero-order valence-electron chi connectivity index (χ0n) is 17.1. The Morgan fingerprint density at radius 1 is 1.21 bits per heavy atom. The zero-order valence-corrected chi connectivity index (χ0v) is 17.1. The van der Waals surface area contributed by atoms with E-state index in [4.69, 9.17) is 9.47 Å². The van der Waals surface area contributed by atoms with Crippen LogP contribution in [0.4, 0.5) is 0 Å². The molecule has 1 saturated heterocycles. The van der Waals surface area contributed by atoms with Crippen LogP contribution in [0.3, 0.4) is 0 Å². The topological polar surface area (TPSA) is 120 Å². The van der Waals surface area contributed by atoms with Crippen LogP contribution in [0.15, 0.2) is 12.2 Å². The summed E-state index contributed by atoms with van der Waals surface area (Å²) in [5.41, 5.74) is 0.374. The molecule has 0 aromatic rings. The number of aliphatic hydroxyl groups is 5. The number of aliphatic hydroxyl groups excluding tert-OH is 4. The average molecular weight is 401 g/mol. The Kier molecular flexibility index (Phi) is 6.29. The molecule has 3 aliphatic rings. The van der Waals surface area contributed by atoms with Gasteiger partial charge in [0.1, 0.15) is 24.4 Å². The molecule has 5 N–H and O–H groups in total. The monoisotopic (exact) mass is 400 g/mol. The molecule has 0 bridgehead atoms.